The number of unbranched alkanes of at least 4 members (excludes halogenated alkanes) is 1. The van der Waals surface area contributed by atoms with Gasteiger partial charge in [-0.2, -0.15) is 0 Å². The number of nitrogens with two attached hydrogens (primary N) is 1. The van der Waals surface area contributed by atoms with Gasteiger partial charge in [0.1, 0.15) is 5.75 Å². The summed E-state index contributed by atoms with van der Waals surface area (Å²) in [6, 6.07) is 30.3. The number of ether oxygens (including phenoxy) is 3. The molecule has 1 spiro atoms. The molecule has 2 amide bonds. The van der Waals surface area contributed by atoms with Crippen LogP contribution in [0.1, 0.15) is 65.7 Å². The van der Waals surface area contributed by atoms with E-state index < -0.39 is 13.7 Å². The number of carbonyl (C=O) groups excluding carboxylic acids is 3. The number of hydrogen-bond donors (Lipinski definition) is 3. The average Bonchev–Trinajstić information content (AvgIpc) is 3.92. The minimum absolute atomic E-state index is 0.0486. The van der Waals surface area contributed by atoms with Gasteiger partial charge in [-0.05, 0) is 85.0 Å². The van der Waals surface area contributed by atoms with Crippen molar-refractivity contribution in [2.75, 3.05) is 43.3 Å². The maximum absolute atomic E-state index is 15.3. The molecule has 13 nitrogen and oxygen atoms in total. The Kier molecular flexibility index (Phi) is 12.5. The maximum atomic E-state index is 15.3. The number of hydrogen-bond acceptors (Lipinski definition) is 10. The molecule has 1 fully saturated rings. The number of methoxy groups -OCH3 is 2. The maximum Gasteiger partial charge on any atom is 0.305 e. The van der Waals surface area contributed by atoms with E-state index in [9.17, 15) is 14.7 Å². The second kappa shape index (κ2) is 17.8. The van der Waals surface area contributed by atoms with Crippen LogP contribution in [0.15, 0.2) is 103 Å². The van der Waals surface area contributed by atoms with Crippen LogP contribution in [-0.2, 0) is 31.2 Å². The van der Waals surface area contributed by atoms with Crippen LogP contribution in [0.5, 0.6) is 5.75 Å². The monoisotopic (exact) mass is 830 g/mol. The molecule has 0 radical (unpaired) electrons. The Morgan fingerprint density at radius 2 is 1.72 bits per heavy atom. The number of anilines is 3. The minimum Gasteiger partial charge on any atom is -0.497 e. The Labute approximate surface area is 351 Å². The number of aryl methyl sites for hydroxylation is 1. The van der Waals surface area contributed by atoms with Crippen LogP contribution in [0.25, 0.3) is 0 Å². The molecule has 5 atom stereocenters. The van der Waals surface area contributed by atoms with E-state index >= 15 is 4.79 Å². The SMILES string of the molecule is COC(=O)CCCCN1C(=O)[C@]2(O[C@H](CCn3cc(C(CO)c4ccccc4)nn3)[C@@H]([Si](C)(C)c3ccc(OC)cc3)[C@@H]2C)c2cc(NC(=O)c3ccc(N)cc3)ccc21. The molecule has 1 aromatic heterocycles. The highest BCUT2D eigenvalue weighted by atomic mass is 28.3. The first kappa shape index (κ1) is 42.3. The number of benzene rings is 4. The summed E-state index contributed by atoms with van der Waals surface area (Å²) in [6.45, 7) is 7.53. The van der Waals surface area contributed by atoms with Crippen LogP contribution in [-0.4, -0.2) is 79.4 Å². The molecule has 0 bridgehead atoms. The number of aromatic nitrogens is 3. The molecule has 4 N–H and O–H groups in total. The summed E-state index contributed by atoms with van der Waals surface area (Å²) in [7, 11) is 0.551. The van der Waals surface area contributed by atoms with Crippen molar-refractivity contribution in [3.63, 3.8) is 0 Å². The van der Waals surface area contributed by atoms with Gasteiger partial charge < -0.3 is 35.3 Å². The molecular weight excluding hydrogens is 777 g/mol. The Balaban J connectivity index is 1.26. The molecule has 60 heavy (non-hydrogen) atoms. The number of fused-ring (bicyclic) bond motifs is 2. The highest BCUT2D eigenvalue weighted by Crippen LogP contribution is 2.60. The lowest BCUT2D eigenvalue weighted by molar-refractivity contribution is -0.146. The molecule has 0 aliphatic carbocycles. The molecule has 3 heterocycles. The van der Waals surface area contributed by atoms with E-state index in [0.717, 1.165) is 17.0 Å². The van der Waals surface area contributed by atoms with Crippen molar-refractivity contribution < 1.29 is 33.7 Å². The smallest absolute Gasteiger partial charge is 0.305 e. The topological polar surface area (TPSA) is 171 Å². The van der Waals surface area contributed by atoms with Crippen LogP contribution in [0, 0.1) is 5.92 Å². The van der Waals surface area contributed by atoms with Gasteiger partial charge in [-0.1, -0.05) is 72.9 Å². The molecule has 2 aliphatic rings. The van der Waals surface area contributed by atoms with Gasteiger partial charge in [0, 0.05) is 54.1 Å². The van der Waals surface area contributed by atoms with E-state index in [2.05, 4.69) is 47.8 Å². The van der Waals surface area contributed by atoms with Crippen molar-refractivity contribution in [1.82, 2.24) is 15.0 Å². The van der Waals surface area contributed by atoms with Crippen LogP contribution >= 0.6 is 0 Å². The number of aliphatic hydroxyl groups excluding tert-OH is 1. The lowest BCUT2D eigenvalue weighted by Gasteiger charge is -2.37. The average molecular weight is 831 g/mol. The molecule has 0 saturated carbocycles. The Morgan fingerprint density at radius 1 is 0.983 bits per heavy atom. The third-order valence-corrected chi connectivity index (χ3v) is 16.8. The zero-order valence-corrected chi connectivity index (χ0v) is 35.8. The second-order valence-corrected chi connectivity index (χ2v) is 21.0. The van der Waals surface area contributed by atoms with Crippen molar-refractivity contribution >= 4 is 48.1 Å². The van der Waals surface area contributed by atoms with E-state index in [-0.39, 0.29) is 54.3 Å². The lowest BCUT2D eigenvalue weighted by Crippen LogP contribution is -2.52. The van der Waals surface area contributed by atoms with E-state index in [0.29, 0.717) is 60.5 Å². The van der Waals surface area contributed by atoms with Crippen molar-refractivity contribution in [2.45, 2.75) is 75.4 Å². The number of carbonyl (C=O) groups is 3. The van der Waals surface area contributed by atoms with E-state index in [4.69, 9.17) is 19.9 Å². The summed E-state index contributed by atoms with van der Waals surface area (Å²) in [5, 5.41) is 23.5. The fourth-order valence-corrected chi connectivity index (χ4v) is 13.3. The normalized spacial score (nSPS) is 20.3. The summed E-state index contributed by atoms with van der Waals surface area (Å²) in [5.74, 6) is -0.599. The first-order chi connectivity index (χ1) is 28.9. The van der Waals surface area contributed by atoms with Crippen LogP contribution < -0.4 is 25.9 Å². The lowest BCUT2D eigenvalue weighted by atomic mass is 9.82. The fraction of sp³-hybridized carbons (Fsp3) is 0.370. The summed E-state index contributed by atoms with van der Waals surface area (Å²) in [5.41, 5.74) is 9.04. The summed E-state index contributed by atoms with van der Waals surface area (Å²) in [4.78, 5) is 42.5. The summed E-state index contributed by atoms with van der Waals surface area (Å²) in [6.07, 6.45) is 3.42. The molecule has 5 aromatic rings. The Morgan fingerprint density at radius 3 is 2.40 bits per heavy atom. The highest BCUT2D eigenvalue weighted by Gasteiger charge is 2.66. The van der Waals surface area contributed by atoms with E-state index in [1.54, 1.807) is 41.0 Å². The van der Waals surface area contributed by atoms with Gasteiger partial charge in [0.15, 0.2) is 5.60 Å². The van der Waals surface area contributed by atoms with Crippen molar-refractivity contribution in [3.8, 4) is 5.75 Å². The van der Waals surface area contributed by atoms with Gasteiger partial charge in [-0.3, -0.25) is 19.1 Å². The molecule has 314 valence electrons. The number of nitrogens with one attached hydrogen (secondary N) is 1. The second-order valence-electron chi connectivity index (χ2n) is 16.3. The number of aliphatic hydroxyl groups is 1. The van der Waals surface area contributed by atoms with E-state index in [1.807, 2.05) is 66.9 Å². The molecular formula is C46H54N6O7Si. The zero-order valence-electron chi connectivity index (χ0n) is 34.8. The van der Waals surface area contributed by atoms with Gasteiger partial charge in [-0.25, -0.2) is 0 Å². The third kappa shape index (κ3) is 8.19. The van der Waals surface area contributed by atoms with Crippen LogP contribution in [0.2, 0.25) is 18.6 Å². The first-order valence-electron chi connectivity index (χ1n) is 20.5. The number of nitrogens with zero attached hydrogens (tertiary/aromatic N) is 4. The molecule has 14 heteroatoms. The highest BCUT2D eigenvalue weighted by molar-refractivity contribution is 6.91. The predicted octanol–water partition coefficient (Wildman–Crippen LogP) is 6.24. The molecule has 2 aliphatic heterocycles. The van der Waals surface area contributed by atoms with Crippen LogP contribution in [0.4, 0.5) is 17.1 Å². The van der Waals surface area contributed by atoms with Gasteiger partial charge in [0.25, 0.3) is 11.8 Å². The zero-order chi connectivity index (χ0) is 42.6. The van der Waals surface area contributed by atoms with Gasteiger partial charge in [0.2, 0.25) is 0 Å². The minimum atomic E-state index is -2.47. The van der Waals surface area contributed by atoms with Crippen molar-refractivity contribution in [3.05, 3.63) is 126 Å². The first-order valence-corrected chi connectivity index (χ1v) is 23.6. The number of esters is 1. The van der Waals surface area contributed by atoms with E-state index in [1.165, 1.54) is 12.3 Å². The Bertz CT molecular complexity index is 2300. The fourth-order valence-electron chi connectivity index (χ4n) is 9.26. The Hall–Kier alpha value is -5.83. The summed E-state index contributed by atoms with van der Waals surface area (Å²) < 4.78 is 19.5. The quantitative estimate of drug-likeness (QED) is 0.0448. The molecule has 1 saturated heterocycles. The third-order valence-electron chi connectivity index (χ3n) is 12.4. The molecule has 7 rings (SSSR count). The molecule has 1 unspecified atom stereocenters. The molecule has 4 aromatic carbocycles. The van der Waals surface area contributed by atoms with Gasteiger partial charge >= 0.3 is 5.97 Å². The standard InChI is InChI=1S/C46H54N6O7Si/c1-30-43(60(4,5)36-21-19-35(57-2)20-22-36)41(24-26-51-28-39(49-50-51)37(29-53)31-11-7-6-8-12-31)59-46(30)38-27-34(48-44(55)32-14-16-33(47)17-15-32)18-23-40(38)52(45(46)56)25-10-9-13-42(54)58-3/h6-8,11-12,14-23,27-28,30,37,41,43,53H,9-10,13,24-26,29,47H2,1-5H3,(H,48,55)/t30-,37?,41+,43-,46+/m0/s1. The van der Waals surface area contributed by atoms with Crippen LogP contribution in [0.3, 0.4) is 0 Å². The predicted molar refractivity (Wildman–Crippen MR) is 233 cm³/mol. The number of amides is 2. The number of nitrogen functional groups attached to an aromatic ring is 1. The summed E-state index contributed by atoms with van der Waals surface area (Å²) >= 11 is 0. The largest absolute Gasteiger partial charge is 0.497 e. The van der Waals surface area contributed by atoms with Crippen molar-refractivity contribution in [1.29, 1.82) is 0 Å². The van der Waals surface area contributed by atoms with Gasteiger partial charge in [-0.15, -0.1) is 5.10 Å². The van der Waals surface area contributed by atoms with Gasteiger partial charge in [0.05, 0.1) is 52.3 Å². The number of rotatable bonds is 16. The van der Waals surface area contributed by atoms with Crippen molar-refractivity contribution in [2.24, 2.45) is 5.92 Å².